The third-order valence-electron chi connectivity index (χ3n) is 5.55. The third kappa shape index (κ3) is 3.19. The van der Waals surface area contributed by atoms with Crippen LogP contribution < -0.4 is 4.90 Å². The van der Waals surface area contributed by atoms with Crippen LogP contribution in [0.25, 0.3) is 22.4 Å². The number of aromatic nitrogens is 4. The summed E-state index contributed by atoms with van der Waals surface area (Å²) in [7, 11) is 0. The number of carboxylic acid groups (broad SMARTS) is 1. The molecule has 3 aromatic rings. The van der Waals surface area contributed by atoms with E-state index in [1.54, 1.807) is 19.3 Å². The van der Waals surface area contributed by atoms with E-state index in [1.165, 1.54) is 6.07 Å². The molecule has 146 valence electrons. The number of hydrogen-bond acceptors (Lipinski definition) is 5. The molecular weight excluding hydrogens is 361 g/mol. The van der Waals surface area contributed by atoms with Gasteiger partial charge in [0.2, 0.25) is 0 Å². The van der Waals surface area contributed by atoms with E-state index < -0.39 is 17.7 Å². The molecule has 0 radical (unpaired) electrons. The van der Waals surface area contributed by atoms with Gasteiger partial charge in [-0.25, -0.2) is 19.3 Å². The van der Waals surface area contributed by atoms with Crippen LogP contribution in [0.3, 0.4) is 0 Å². The van der Waals surface area contributed by atoms with Crippen LogP contribution in [0.15, 0.2) is 24.7 Å². The largest absolute Gasteiger partial charge is 0.481 e. The molecule has 2 N–H and O–H groups in total. The second kappa shape index (κ2) is 7.18. The molecule has 4 heterocycles. The highest BCUT2D eigenvalue weighted by Gasteiger charge is 2.29. The Labute approximate surface area is 161 Å². The van der Waals surface area contributed by atoms with Gasteiger partial charge >= 0.3 is 5.97 Å². The van der Waals surface area contributed by atoms with Gasteiger partial charge in [-0.15, -0.1) is 0 Å². The average Bonchev–Trinajstić information content (AvgIpc) is 2.98. The average molecular weight is 383 g/mol. The molecule has 3 aromatic heterocycles. The van der Waals surface area contributed by atoms with E-state index in [0.717, 1.165) is 43.4 Å². The summed E-state index contributed by atoms with van der Waals surface area (Å²) in [5.74, 6) is -0.545. The van der Waals surface area contributed by atoms with Gasteiger partial charge in [0.15, 0.2) is 5.82 Å². The Morgan fingerprint density at radius 2 is 2.11 bits per heavy atom. The van der Waals surface area contributed by atoms with Crippen molar-refractivity contribution in [2.45, 2.75) is 39.2 Å². The number of aromatic amines is 1. The summed E-state index contributed by atoms with van der Waals surface area (Å²) in [6.07, 6.45) is 7.51. The maximum atomic E-state index is 13.7. The molecular formula is C20H22FN5O2. The Morgan fingerprint density at radius 3 is 2.89 bits per heavy atom. The molecule has 1 aliphatic heterocycles. The fraction of sp³-hybridized carbons (Fsp3) is 0.400. The molecule has 1 aliphatic rings. The minimum atomic E-state index is -0.828. The minimum Gasteiger partial charge on any atom is -0.481 e. The maximum absolute atomic E-state index is 13.7. The molecule has 8 heteroatoms. The first-order valence-electron chi connectivity index (χ1n) is 9.44. The number of nitrogens with zero attached hydrogens (tertiary/aromatic N) is 4. The lowest BCUT2D eigenvalue weighted by Crippen LogP contribution is -2.41. The van der Waals surface area contributed by atoms with Gasteiger partial charge in [-0.05, 0) is 39.2 Å². The molecule has 7 nitrogen and oxygen atoms in total. The standard InChI is InChI=1S/C20H22FN5O2/c1-11(20(27)28)12(2)26-6-4-3-5-13-8-22-18(25-19(13)26)16-10-24-17-15(16)7-14(21)9-23-17/h7-12H,3-6H2,1-2H3,(H,23,24)(H,27,28)/t11-,12-/m1/s1. The van der Waals surface area contributed by atoms with Crippen molar-refractivity contribution in [3.05, 3.63) is 36.0 Å². The molecule has 0 aromatic carbocycles. The van der Waals surface area contributed by atoms with Crippen molar-refractivity contribution in [2.24, 2.45) is 5.92 Å². The van der Waals surface area contributed by atoms with Gasteiger partial charge in [-0.3, -0.25) is 4.79 Å². The number of carboxylic acids is 1. The number of aryl methyl sites for hydroxylation is 1. The predicted octanol–water partition coefficient (Wildman–Crippen LogP) is 3.41. The lowest BCUT2D eigenvalue weighted by molar-refractivity contribution is -0.141. The smallest absolute Gasteiger partial charge is 0.308 e. The lowest BCUT2D eigenvalue weighted by Gasteiger charge is -2.32. The lowest BCUT2D eigenvalue weighted by atomic mass is 10.0. The quantitative estimate of drug-likeness (QED) is 0.717. The highest BCUT2D eigenvalue weighted by atomic mass is 19.1. The summed E-state index contributed by atoms with van der Waals surface area (Å²) in [5, 5.41) is 10.1. The van der Waals surface area contributed by atoms with Crippen LogP contribution in [0.2, 0.25) is 0 Å². The minimum absolute atomic E-state index is 0.209. The summed E-state index contributed by atoms with van der Waals surface area (Å²) >= 11 is 0. The maximum Gasteiger partial charge on any atom is 0.308 e. The highest BCUT2D eigenvalue weighted by Crippen LogP contribution is 2.32. The first-order chi connectivity index (χ1) is 13.5. The van der Waals surface area contributed by atoms with E-state index in [9.17, 15) is 14.3 Å². The number of fused-ring (bicyclic) bond motifs is 2. The predicted molar refractivity (Wildman–Crippen MR) is 104 cm³/mol. The SMILES string of the molecule is C[C@H]([C@@H](C)C(=O)O)N1CCCCc2cnc(-c3c[nH]c4ncc(F)cc34)nc21. The summed E-state index contributed by atoms with van der Waals surface area (Å²) in [4.78, 5) is 30.0. The Kier molecular flexibility index (Phi) is 4.70. The van der Waals surface area contributed by atoms with E-state index >= 15 is 0 Å². The Balaban J connectivity index is 1.80. The molecule has 2 atom stereocenters. The molecule has 0 fully saturated rings. The van der Waals surface area contributed by atoms with E-state index in [-0.39, 0.29) is 6.04 Å². The molecule has 0 spiro atoms. The van der Waals surface area contributed by atoms with Crippen molar-refractivity contribution in [3.63, 3.8) is 0 Å². The van der Waals surface area contributed by atoms with E-state index in [4.69, 9.17) is 4.98 Å². The number of halogens is 1. The van der Waals surface area contributed by atoms with Crippen molar-refractivity contribution < 1.29 is 14.3 Å². The van der Waals surface area contributed by atoms with Crippen LogP contribution in [0.1, 0.15) is 32.3 Å². The van der Waals surface area contributed by atoms with Gasteiger partial charge in [0, 0.05) is 41.5 Å². The Hall–Kier alpha value is -3.03. The van der Waals surface area contributed by atoms with Crippen LogP contribution in [0, 0.1) is 11.7 Å². The zero-order valence-corrected chi connectivity index (χ0v) is 15.8. The van der Waals surface area contributed by atoms with Crippen LogP contribution in [-0.2, 0) is 11.2 Å². The van der Waals surface area contributed by atoms with Crippen molar-refractivity contribution >= 4 is 22.8 Å². The number of carbonyl (C=O) groups is 1. The number of nitrogens with one attached hydrogen (secondary N) is 1. The topological polar surface area (TPSA) is 95.0 Å². The van der Waals surface area contributed by atoms with Crippen molar-refractivity contribution in [2.75, 3.05) is 11.4 Å². The Bertz CT molecular complexity index is 1030. The molecule has 4 rings (SSSR count). The van der Waals surface area contributed by atoms with E-state index in [2.05, 4.69) is 19.9 Å². The molecule has 0 aliphatic carbocycles. The third-order valence-corrected chi connectivity index (χ3v) is 5.55. The monoisotopic (exact) mass is 383 g/mol. The molecule has 0 amide bonds. The molecule has 28 heavy (non-hydrogen) atoms. The van der Waals surface area contributed by atoms with Gasteiger partial charge < -0.3 is 15.0 Å². The highest BCUT2D eigenvalue weighted by molar-refractivity contribution is 5.91. The van der Waals surface area contributed by atoms with Crippen molar-refractivity contribution in [3.8, 4) is 11.4 Å². The summed E-state index contributed by atoms with van der Waals surface area (Å²) in [5.41, 5.74) is 2.25. The second-order valence-corrected chi connectivity index (χ2v) is 7.31. The number of aliphatic carboxylic acids is 1. The zero-order valence-electron chi connectivity index (χ0n) is 15.8. The molecule has 0 unspecified atom stereocenters. The number of anilines is 1. The van der Waals surface area contributed by atoms with Crippen molar-refractivity contribution in [1.29, 1.82) is 0 Å². The summed E-state index contributed by atoms with van der Waals surface area (Å²) in [6.45, 7) is 4.38. The second-order valence-electron chi connectivity index (χ2n) is 7.31. The van der Waals surface area contributed by atoms with Gasteiger partial charge in [0.05, 0.1) is 12.1 Å². The fourth-order valence-electron chi connectivity index (χ4n) is 3.69. The van der Waals surface area contributed by atoms with E-state index in [1.807, 2.05) is 6.92 Å². The Morgan fingerprint density at radius 1 is 1.29 bits per heavy atom. The van der Waals surface area contributed by atoms with Gasteiger partial charge in [-0.2, -0.15) is 0 Å². The van der Waals surface area contributed by atoms with Crippen LogP contribution in [-0.4, -0.2) is 43.6 Å². The van der Waals surface area contributed by atoms with Crippen molar-refractivity contribution in [1.82, 2.24) is 19.9 Å². The van der Waals surface area contributed by atoms with E-state index in [0.29, 0.717) is 22.4 Å². The molecule has 0 bridgehead atoms. The first kappa shape index (κ1) is 18.3. The van der Waals surface area contributed by atoms with Crippen LogP contribution >= 0.6 is 0 Å². The molecule has 0 saturated carbocycles. The number of rotatable bonds is 4. The number of H-pyrrole nitrogens is 1. The number of hydrogen-bond donors (Lipinski definition) is 2. The van der Waals surface area contributed by atoms with Gasteiger partial charge in [0.25, 0.3) is 0 Å². The van der Waals surface area contributed by atoms with Gasteiger partial charge in [-0.1, -0.05) is 0 Å². The summed E-state index contributed by atoms with van der Waals surface area (Å²) in [6, 6.07) is 1.20. The number of pyridine rings is 1. The normalized spacial score (nSPS) is 16.5. The fourth-order valence-corrected chi connectivity index (χ4v) is 3.69. The first-order valence-corrected chi connectivity index (χ1v) is 9.44. The van der Waals surface area contributed by atoms with Gasteiger partial charge in [0.1, 0.15) is 17.3 Å². The molecule has 0 saturated heterocycles. The summed E-state index contributed by atoms with van der Waals surface area (Å²) < 4.78 is 13.7. The zero-order chi connectivity index (χ0) is 19.8. The van der Waals surface area contributed by atoms with Crippen LogP contribution in [0.5, 0.6) is 0 Å². The van der Waals surface area contributed by atoms with Crippen LogP contribution in [0.4, 0.5) is 10.2 Å².